The molecule has 1 aromatic rings. The van der Waals surface area contributed by atoms with Crippen LogP contribution in [0.1, 0.15) is 38.2 Å². The third-order valence-corrected chi connectivity index (χ3v) is 4.10. The molecule has 0 atom stereocenters. The average molecular weight is 304 g/mol. The molecule has 0 aliphatic carbocycles. The standard InChI is InChI=1S/C16H24N4S/c1-13(18-19-16(21)17-2)14-7-9-15(10-8-14)20-11-5-3-4-6-12-20/h7-10H,3-6,11-12H2,1-2H3,(H2,17,19,21)/b18-13+. The van der Waals surface area contributed by atoms with E-state index in [0.29, 0.717) is 5.11 Å². The normalized spacial score (nSPS) is 16.3. The lowest BCUT2D eigenvalue weighted by Gasteiger charge is -2.22. The van der Waals surface area contributed by atoms with Gasteiger partial charge in [0.15, 0.2) is 5.11 Å². The van der Waals surface area contributed by atoms with Crippen LogP contribution in [0.15, 0.2) is 29.4 Å². The lowest BCUT2D eigenvalue weighted by atomic mass is 10.1. The molecule has 0 saturated carbocycles. The van der Waals surface area contributed by atoms with Crippen molar-refractivity contribution in [3.05, 3.63) is 29.8 Å². The Balaban J connectivity index is 2.02. The van der Waals surface area contributed by atoms with Crippen LogP contribution in [0.3, 0.4) is 0 Å². The summed E-state index contributed by atoms with van der Waals surface area (Å²) in [6.45, 7) is 4.32. The summed E-state index contributed by atoms with van der Waals surface area (Å²) in [6.07, 6.45) is 5.32. The molecule has 5 heteroatoms. The van der Waals surface area contributed by atoms with Gasteiger partial charge < -0.3 is 10.2 Å². The van der Waals surface area contributed by atoms with Gasteiger partial charge in [0.2, 0.25) is 0 Å². The van der Waals surface area contributed by atoms with Gasteiger partial charge in [0.25, 0.3) is 0 Å². The molecule has 0 aromatic heterocycles. The van der Waals surface area contributed by atoms with Crippen molar-refractivity contribution in [2.24, 2.45) is 5.10 Å². The first kappa shape index (κ1) is 15.8. The summed E-state index contributed by atoms with van der Waals surface area (Å²) in [4.78, 5) is 2.48. The predicted octanol–water partition coefficient (Wildman–Crippen LogP) is 2.88. The van der Waals surface area contributed by atoms with Crippen LogP contribution < -0.4 is 15.6 Å². The maximum Gasteiger partial charge on any atom is 0.186 e. The number of nitrogens with one attached hydrogen (secondary N) is 2. The second-order valence-electron chi connectivity index (χ2n) is 5.34. The van der Waals surface area contributed by atoms with Gasteiger partial charge >= 0.3 is 0 Å². The van der Waals surface area contributed by atoms with Crippen LogP contribution in [0.5, 0.6) is 0 Å². The van der Waals surface area contributed by atoms with Crippen molar-refractivity contribution in [1.29, 1.82) is 0 Å². The maximum absolute atomic E-state index is 5.01. The zero-order chi connectivity index (χ0) is 15.1. The van der Waals surface area contributed by atoms with Crippen LogP contribution in [0.4, 0.5) is 5.69 Å². The van der Waals surface area contributed by atoms with Gasteiger partial charge in [-0.15, -0.1) is 0 Å². The fourth-order valence-corrected chi connectivity index (χ4v) is 2.54. The molecule has 21 heavy (non-hydrogen) atoms. The molecule has 2 N–H and O–H groups in total. The van der Waals surface area contributed by atoms with Gasteiger partial charge in [-0.25, -0.2) is 0 Å². The van der Waals surface area contributed by atoms with Gasteiger partial charge in [-0.05, 0) is 49.7 Å². The van der Waals surface area contributed by atoms with Crippen LogP contribution >= 0.6 is 12.2 Å². The number of hydrazone groups is 1. The molecule has 1 fully saturated rings. The molecule has 2 rings (SSSR count). The molecule has 1 aromatic carbocycles. The Morgan fingerprint density at radius 1 is 1.10 bits per heavy atom. The lowest BCUT2D eigenvalue weighted by molar-refractivity contribution is 0.726. The van der Waals surface area contributed by atoms with E-state index in [0.717, 1.165) is 11.3 Å². The molecular formula is C16H24N4S. The maximum atomic E-state index is 5.01. The molecule has 0 amide bonds. The SMILES string of the molecule is CNC(=S)N/N=C(\C)c1ccc(N2CCCCCC2)cc1. The van der Waals surface area contributed by atoms with Gasteiger partial charge in [0, 0.05) is 25.8 Å². The number of anilines is 1. The average Bonchev–Trinajstić information content (AvgIpc) is 2.81. The second kappa shape index (κ2) is 7.98. The minimum absolute atomic E-state index is 0.524. The molecule has 0 spiro atoms. The summed E-state index contributed by atoms with van der Waals surface area (Å²) in [7, 11) is 1.77. The van der Waals surface area contributed by atoms with E-state index in [2.05, 4.69) is 45.0 Å². The van der Waals surface area contributed by atoms with Crippen molar-refractivity contribution in [1.82, 2.24) is 10.7 Å². The second-order valence-corrected chi connectivity index (χ2v) is 5.74. The van der Waals surface area contributed by atoms with Crippen molar-refractivity contribution in [2.45, 2.75) is 32.6 Å². The number of rotatable bonds is 3. The zero-order valence-corrected chi connectivity index (χ0v) is 13.7. The molecule has 114 valence electrons. The van der Waals surface area contributed by atoms with Gasteiger partial charge in [0.1, 0.15) is 0 Å². The molecule has 1 heterocycles. The summed E-state index contributed by atoms with van der Waals surface area (Å²) >= 11 is 5.01. The Morgan fingerprint density at radius 3 is 2.29 bits per heavy atom. The summed E-state index contributed by atoms with van der Waals surface area (Å²) in [6, 6.07) is 8.64. The van der Waals surface area contributed by atoms with E-state index < -0.39 is 0 Å². The highest BCUT2D eigenvalue weighted by molar-refractivity contribution is 7.80. The molecule has 1 aliphatic heterocycles. The fraction of sp³-hybridized carbons (Fsp3) is 0.500. The van der Waals surface area contributed by atoms with Crippen molar-refractivity contribution >= 4 is 28.7 Å². The molecule has 1 saturated heterocycles. The zero-order valence-electron chi connectivity index (χ0n) is 12.9. The van der Waals surface area contributed by atoms with Gasteiger partial charge in [-0.3, -0.25) is 5.43 Å². The summed E-state index contributed by atoms with van der Waals surface area (Å²) in [5, 5.41) is 7.63. The van der Waals surface area contributed by atoms with Crippen molar-refractivity contribution in [3.63, 3.8) is 0 Å². The summed E-state index contributed by atoms with van der Waals surface area (Å²) in [5.74, 6) is 0. The lowest BCUT2D eigenvalue weighted by Crippen LogP contribution is -2.29. The number of thiocarbonyl (C=S) groups is 1. The van der Waals surface area contributed by atoms with E-state index in [9.17, 15) is 0 Å². The Kier molecular flexibility index (Phi) is 5.99. The highest BCUT2D eigenvalue weighted by atomic mass is 32.1. The number of nitrogens with zero attached hydrogens (tertiary/aromatic N) is 2. The van der Waals surface area contributed by atoms with Crippen LogP contribution in [-0.4, -0.2) is 31.0 Å². The molecule has 0 bridgehead atoms. The largest absolute Gasteiger partial charge is 0.372 e. The van der Waals surface area contributed by atoms with Crippen molar-refractivity contribution < 1.29 is 0 Å². The minimum atomic E-state index is 0.524. The van der Waals surface area contributed by atoms with Crippen LogP contribution in [0, 0.1) is 0 Å². The van der Waals surface area contributed by atoms with Gasteiger partial charge in [0.05, 0.1) is 5.71 Å². The highest BCUT2D eigenvalue weighted by Crippen LogP contribution is 2.20. The Bertz CT molecular complexity index is 488. The molecule has 4 nitrogen and oxygen atoms in total. The number of hydrogen-bond donors (Lipinski definition) is 2. The summed E-state index contributed by atoms with van der Waals surface area (Å²) < 4.78 is 0. The number of benzene rings is 1. The Labute approximate surface area is 132 Å². The fourth-order valence-electron chi connectivity index (χ4n) is 2.50. The van der Waals surface area contributed by atoms with E-state index in [1.165, 1.54) is 44.5 Å². The summed E-state index contributed by atoms with van der Waals surface area (Å²) in [5.41, 5.74) is 6.16. The topological polar surface area (TPSA) is 39.7 Å². The quantitative estimate of drug-likeness (QED) is 0.512. The van der Waals surface area contributed by atoms with E-state index in [1.807, 2.05) is 6.92 Å². The monoisotopic (exact) mass is 304 g/mol. The van der Waals surface area contributed by atoms with E-state index >= 15 is 0 Å². The Morgan fingerprint density at radius 2 is 1.71 bits per heavy atom. The molecule has 1 aliphatic rings. The molecule has 0 unspecified atom stereocenters. The van der Waals surface area contributed by atoms with E-state index in [4.69, 9.17) is 12.2 Å². The first-order valence-electron chi connectivity index (χ1n) is 7.58. The third kappa shape index (κ3) is 4.70. The predicted molar refractivity (Wildman–Crippen MR) is 94.1 cm³/mol. The van der Waals surface area contributed by atoms with Crippen LogP contribution in [0.25, 0.3) is 0 Å². The van der Waals surface area contributed by atoms with Crippen LogP contribution in [-0.2, 0) is 0 Å². The highest BCUT2D eigenvalue weighted by Gasteiger charge is 2.09. The smallest absolute Gasteiger partial charge is 0.186 e. The van der Waals surface area contributed by atoms with Crippen molar-refractivity contribution in [2.75, 3.05) is 25.0 Å². The molecular weight excluding hydrogens is 280 g/mol. The number of hydrogen-bond acceptors (Lipinski definition) is 3. The van der Waals surface area contributed by atoms with Crippen molar-refractivity contribution in [3.8, 4) is 0 Å². The molecule has 0 radical (unpaired) electrons. The third-order valence-electron chi connectivity index (χ3n) is 3.81. The van der Waals surface area contributed by atoms with Gasteiger partial charge in [-0.2, -0.15) is 5.10 Å². The van der Waals surface area contributed by atoms with Gasteiger partial charge in [-0.1, -0.05) is 25.0 Å². The Hall–Kier alpha value is -1.62. The van der Waals surface area contributed by atoms with E-state index in [-0.39, 0.29) is 0 Å². The van der Waals surface area contributed by atoms with E-state index in [1.54, 1.807) is 7.05 Å². The minimum Gasteiger partial charge on any atom is -0.372 e. The first-order chi connectivity index (χ1) is 10.2. The van der Waals surface area contributed by atoms with Crippen LogP contribution in [0.2, 0.25) is 0 Å². The first-order valence-corrected chi connectivity index (χ1v) is 7.99.